The fourth-order valence-corrected chi connectivity index (χ4v) is 1.07. The Balaban J connectivity index is 2.75. The summed E-state index contributed by atoms with van der Waals surface area (Å²) in [6, 6.07) is -0.579. The predicted octanol–water partition coefficient (Wildman–Crippen LogP) is 0.695. The van der Waals surface area contributed by atoms with Gasteiger partial charge in [-0.3, -0.25) is 10.1 Å². The molecule has 60 valence electrons. The Morgan fingerprint density at radius 1 is 1.82 bits per heavy atom. The lowest BCUT2D eigenvalue weighted by molar-refractivity contribution is -0.512. The molecule has 0 aliphatic heterocycles. The first-order valence-corrected chi connectivity index (χ1v) is 3.43. The van der Waals surface area contributed by atoms with Crippen molar-refractivity contribution in [2.45, 2.75) is 12.5 Å². The Hall–Kier alpha value is -1.32. The maximum Gasteiger partial charge on any atom is 0.255 e. The smallest absolute Gasteiger partial charge is 0.255 e. The van der Waals surface area contributed by atoms with Crippen molar-refractivity contribution in [1.82, 2.24) is 5.32 Å². The fourth-order valence-electron chi connectivity index (χ4n) is 1.07. The van der Waals surface area contributed by atoms with Crippen LogP contribution in [0.3, 0.4) is 0 Å². The number of hydrogen-bond acceptors (Lipinski definition) is 3. The van der Waals surface area contributed by atoms with E-state index in [2.05, 4.69) is 5.32 Å². The van der Waals surface area contributed by atoms with Crippen molar-refractivity contribution < 1.29 is 4.92 Å². The molecule has 1 aliphatic carbocycles. The van der Waals surface area contributed by atoms with Crippen LogP contribution in [0.4, 0.5) is 0 Å². The first-order chi connectivity index (χ1) is 5.25. The molecule has 0 saturated carbocycles. The summed E-state index contributed by atoms with van der Waals surface area (Å²) in [5, 5.41) is 13.2. The van der Waals surface area contributed by atoms with Gasteiger partial charge in [-0.05, 0) is 6.08 Å². The number of nitro groups is 1. The summed E-state index contributed by atoms with van der Waals surface area (Å²) in [4.78, 5) is 10.1. The lowest BCUT2D eigenvalue weighted by atomic mass is 10.1. The van der Waals surface area contributed by atoms with E-state index >= 15 is 0 Å². The average molecular weight is 154 g/mol. The maximum absolute atomic E-state index is 10.4. The number of nitrogens with zero attached hydrogens (tertiary/aromatic N) is 1. The number of rotatable bonds is 2. The largest absolute Gasteiger partial charge is 0.386 e. The summed E-state index contributed by atoms with van der Waals surface area (Å²) in [5.41, 5.74) is 0.678. The zero-order valence-corrected chi connectivity index (χ0v) is 6.28. The van der Waals surface area contributed by atoms with Crippen LogP contribution in [0, 0.1) is 10.1 Å². The summed E-state index contributed by atoms with van der Waals surface area (Å²) in [5.74, 6) is 0. The summed E-state index contributed by atoms with van der Waals surface area (Å²) < 4.78 is 0. The number of allylic oxidation sites excluding steroid dienone is 2. The van der Waals surface area contributed by atoms with Crippen LogP contribution in [-0.4, -0.2) is 18.0 Å². The van der Waals surface area contributed by atoms with E-state index in [1.54, 1.807) is 19.2 Å². The molecular formula is C7H10N2O2. The Morgan fingerprint density at radius 3 is 3.00 bits per heavy atom. The molecule has 0 aromatic heterocycles. The van der Waals surface area contributed by atoms with Gasteiger partial charge in [-0.25, -0.2) is 0 Å². The molecule has 1 unspecified atom stereocenters. The van der Waals surface area contributed by atoms with Gasteiger partial charge in [0.05, 0.1) is 5.70 Å². The molecule has 1 rings (SSSR count). The van der Waals surface area contributed by atoms with E-state index in [9.17, 15) is 10.1 Å². The van der Waals surface area contributed by atoms with E-state index in [4.69, 9.17) is 0 Å². The Bertz CT molecular complexity index is 220. The third-order valence-corrected chi connectivity index (χ3v) is 1.67. The molecule has 0 spiro atoms. The maximum atomic E-state index is 10.4. The minimum Gasteiger partial charge on any atom is -0.386 e. The van der Waals surface area contributed by atoms with Gasteiger partial charge in [0, 0.05) is 18.4 Å². The summed E-state index contributed by atoms with van der Waals surface area (Å²) in [7, 11) is 1.70. The third kappa shape index (κ3) is 1.58. The fraction of sp³-hybridized carbons (Fsp3) is 0.429. The zero-order valence-electron chi connectivity index (χ0n) is 6.28. The lowest BCUT2D eigenvalue weighted by Crippen LogP contribution is -2.29. The van der Waals surface area contributed by atoms with Crippen LogP contribution in [0.2, 0.25) is 0 Å². The van der Waals surface area contributed by atoms with Crippen LogP contribution in [0.5, 0.6) is 0 Å². The van der Waals surface area contributed by atoms with Crippen LogP contribution in [0.15, 0.2) is 23.9 Å². The van der Waals surface area contributed by atoms with Crippen molar-refractivity contribution in [2.75, 3.05) is 7.05 Å². The quantitative estimate of drug-likeness (QED) is 0.470. The molecule has 0 saturated heterocycles. The molecule has 0 bridgehead atoms. The molecular weight excluding hydrogens is 144 g/mol. The highest BCUT2D eigenvalue weighted by atomic mass is 16.6. The average Bonchev–Trinajstić information content (AvgIpc) is 2.04. The molecule has 4 heteroatoms. The van der Waals surface area contributed by atoms with Gasteiger partial charge in [-0.2, -0.15) is 0 Å². The van der Waals surface area contributed by atoms with Crippen molar-refractivity contribution in [3.63, 3.8) is 0 Å². The van der Waals surface area contributed by atoms with Crippen LogP contribution in [0.25, 0.3) is 0 Å². The van der Waals surface area contributed by atoms with E-state index in [-0.39, 0.29) is 4.92 Å². The molecule has 1 atom stereocenters. The normalized spacial score (nSPS) is 22.6. The number of hydrogen-bond donors (Lipinski definition) is 1. The minimum atomic E-state index is -0.579. The highest BCUT2D eigenvalue weighted by Crippen LogP contribution is 2.12. The van der Waals surface area contributed by atoms with Crippen LogP contribution in [-0.2, 0) is 0 Å². The van der Waals surface area contributed by atoms with E-state index in [1.165, 1.54) is 0 Å². The standard InChI is InChI=1S/C7H10N2O2/c1-8-6-4-2-3-5-7(6)9(10)11/h2-4,7-8H,5H2,1H3. The second-order valence-corrected chi connectivity index (χ2v) is 2.34. The molecule has 1 N–H and O–H groups in total. The van der Waals surface area contributed by atoms with Gasteiger partial charge < -0.3 is 5.32 Å². The van der Waals surface area contributed by atoms with Crippen LogP contribution >= 0.6 is 0 Å². The minimum absolute atomic E-state index is 0.272. The van der Waals surface area contributed by atoms with E-state index < -0.39 is 6.04 Å². The summed E-state index contributed by atoms with van der Waals surface area (Å²) in [6.45, 7) is 0. The highest BCUT2D eigenvalue weighted by molar-refractivity contribution is 5.20. The molecule has 0 aromatic carbocycles. The van der Waals surface area contributed by atoms with Gasteiger partial charge in [0.15, 0.2) is 0 Å². The molecule has 4 nitrogen and oxygen atoms in total. The van der Waals surface area contributed by atoms with Crippen molar-refractivity contribution in [3.05, 3.63) is 34.0 Å². The van der Waals surface area contributed by atoms with Gasteiger partial charge >= 0.3 is 0 Å². The topological polar surface area (TPSA) is 55.2 Å². The molecule has 0 heterocycles. The van der Waals surface area contributed by atoms with Gasteiger partial charge in [0.2, 0.25) is 0 Å². The third-order valence-electron chi connectivity index (χ3n) is 1.67. The van der Waals surface area contributed by atoms with Crippen LogP contribution < -0.4 is 5.32 Å². The molecule has 0 aromatic rings. The van der Waals surface area contributed by atoms with Crippen molar-refractivity contribution in [1.29, 1.82) is 0 Å². The Kier molecular flexibility index (Phi) is 2.25. The second-order valence-electron chi connectivity index (χ2n) is 2.34. The van der Waals surface area contributed by atoms with Gasteiger partial charge in [0.25, 0.3) is 6.04 Å². The SMILES string of the molecule is CNC1=CC=CCC1[N+](=O)[O-]. The monoisotopic (exact) mass is 154 g/mol. The number of nitrogens with one attached hydrogen (secondary N) is 1. The van der Waals surface area contributed by atoms with E-state index in [0.29, 0.717) is 12.1 Å². The van der Waals surface area contributed by atoms with Crippen molar-refractivity contribution in [2.24, 2.45) is 0 Å². The number of likely N-dealkylation sites (N-methyl/N-ethyl adjacent to an activating group) is 1. The summed E-state index contributed by atoms with van der Waals surface area (Å²) >= 11 is 0. The highest BCUT2D eigenvalue weighted by Gasteiger charge is 2.24. The molecule has 0 fully saturated rings. The lowest BCUT2D eigenvalue weighted by Gasteiger charge is -2.13. The Morgan fingerprint density at radius 2 is 2.55 bits per heavy atom. The predicted molar refractivity (Wildman–Crippen MR) is 41.7 cm³/mol. The first-order valence-electron chi connectivity index (χ1n) is 3.43. The van der Waals surface area contributed by atoms with Crippen LogP contribution in [0.1, 0.15) is 6.42 Å². The van der Waals surface area contributed by atoms with Gasteiger partial charge in [-0.1, -0.05) is 12.2 Å². The molecule has 0 radical (unpaired) electrons. The van der Waals surface area contributed by atoms with Gasteiger partial charge in [-0.15, -0.1) is 0 Å². The summed E-state index contributed by atoms with van der Waals surface area (Å²) in [6.07, 6.45) is 5.84. The molecule has 0 amide bonds. The van der Waals surface area contributed by atoms with Crippen molar-refractivity contribution >= 4 is 0 Å². The van der Waals surface area contributed by atoms with Gasteiger partial charge in [0.1, 0.15) is 0 Å². The molecule has 1 aliphatic rings. The zero-order chi connectivity index (χ0) is 8.27. The first kappa shape index (κ1) is 7.78. The van der Waals surface area contributed by atoms with E-state index in [0.717, 1.165) is 0 Å². The Labute approximate surface area is 64.7 Å². The van der Waals surface area contributed by atoms with E-state index in [1.807, 2.05) is 6.08 Å². The van der Waals surface area contributed by atoms with Crippen molar-refractivity contribution in [3.8, 4) is 0 Å². The second kappa shape index (κ2) is 3.18. The molecule has 11 heavy (non-hydrogen) atoms.